The van der Waals surface area contributed by atoms with Gasteiger partial charge in [0.15, 0.2) is 0 Å². The summed E-state index contributed by atoms with van der Waals surface area (Å²) in [5.74, 6) is 0.808. The fraction of sp³-hybridized carbons (Fsp3) is 0.167. The average Bonchev–Trinajstić information content (AvgIpc) is 2.29. The van der Waals surface area contributed by atoms with Crippen molar-refractivity contribution in [1.82, 2.24) is 0 Å². The number of benzene rings is 2. The van der Waals surface area contributed by atoms with E-state index in [0.717, 1.165) is 21.0 Å². The minimum atomic E-state index is 0.0321. The van der Waals surface area contributed by atoms with Crippen LogP contribution in [0.2, 0.25) is 0 Å². The summed E-state index contributed by atoms with van der Waals surface area (Å²) in [7, 11) is 0. The molecule has 0 bridgehead atoms. The number of aliphatic hydroxyl groups is 1. The fourth-order valence-electron chi connectivity index (χ4n) is 1.52. The van der Waals surface area contributed by atoms with E-state index in [-0.39, 0.29) is 6.61 Å². The van der Waals surface area contributed by atoms with Gasteiger partial charge < -0.3 is 9.84 Å². The van der Waals surface area contributed by atoms with Gasteiger partial charge in [0.1, 0.15) is 12.4 Å². The molecule has 0 radical (unpaired) electrons. The molecule has 0 aliphatic heterocycles. The molecule has 0 aromatic heterocycles. The standard InChI is InChI=1S/C12H11BrO2/c13-11-5-6-12(15-8-7-14)10-4-2-1-3-9(10)11/h1-6,14H,7-8H2. The van der Waals surface area contributed by atoms with Crippen LogP contribution in [-0.2, 0) is 0 Å². The zero-order valence-corrected chi connectivity index (χ0v) is 9.70. The molecule has 0 saturated heterocycles. The highest BCUT2D eigenvalue weighted by Gasteiger charge is 2.03. The molecule has 2 rings (SSSR count). The maximum atomic E-state index is 8.72. The van der Waals surface area contributed by atoms with Gasteiger partial charge in [-0.25, -0.2) is 0 Å². The zero-order valence-electron chi connectivity index (χ0n) is 8.11. The van der Waals surface area contributed by atoms with E-state index in [1.165, 1.54) is 0 Å². The van der Waals surface area contributed by atoms with Crippen LogP contribution in [0.1, 0.15) is 0 Å². The predicted octanol–water partition coefficient (Wildman–Crippen LogP) is 2.97. The lowest BCUT2D eigenvalue weighted by Crippen LogP contribution is -2.01. The molecule has 0 saturated carbocycles. The topological polar surface area (TPSA) is 29.5 Å². The van der Waals surface area contributed by atoms with Crippen LogP contribution in [0.3, 0.4) is 0 Å². The van der Waals surface area contributed by atoms with E-state index < -0.39 is 0 Å². The number of hydrogen-bond acceptors (Lipinski definition) is 2. The van der Waals surface area contributed by atoms with Crippen LogP contribution >= 0.6 is 15.9 Å². The molecule has 0 fully saturated rings. The van der Waals surface area contributed by atoms with E-state index in [4.69, 9.17) is 9.84 Å². The lowest BCUT2D eigenvalue weighted by atomic mass is 10.1. The summed E-state index contributed by atoms with van der Waals surface area (Å²) in [6.07, 6.45) is 0. The van der Waals surface area contributed by atoms with Crippen molar-refractivity contribution in [3.63, 3.8) is 0 Å². The molecule has 2 aromatic carbocycles. The van der Waals surface area contributed by atoms with E-state index in [1.54, 1.807) is 0 Å². The van der Waals surface area contributed by atoms with Gasteiger partial charge in [0, 0.05) is 9.86 Å². The Labute approximate surface area is 96.6 Å². The second-order valence-electron chi connectivity index (χ2n) is 3.16. The molecule has 15 heavy (non-hydrogen) atoms. The van der Waals surface area contributed by atoms with E-state index in [0.29, 0.717) is 6.61 Å². The molecule has 0 spiro atoms. The summed E-state index contributed by atoms with van der Waals surface area (Å²) in [6, 6.07) is 11.9. The minimum Gasteiger partial charge on any atom is -0.491 e. The molecule has 0 heterocycles. The number of rotatable bonds is 3. The molecule has 0 amide bonds. The summed E-state index contributed by atoms with van der Waals surface area (Å²) >= 11 is 3.49. The summed E-state index contributed by atoms with van der Waals surface area (Å²) in [5, 5.41) is 10.9. The Kier molecular flexibility index (Phi) is 3.23. The van der Waals surface area contributed by atoms with Gasteiger partial charge in [-0.3, -0.25) is 0 Å². The Hall–Kier alpha value is -1.06. The Morgan fingerprint density at radius 3 is 2.53 bits per heavy atom. The number of halogens is 1. The summed E-state index contributed by atoms with van der Waals surface area (Å²) in [4.78, 5) is 0. The van der Waals surface area contributed by atoms with Gasteiger partial charge >= 0.3 is 0 Å². The molecule has 0 unspecified atom stereocenters. The van der Waals surface area contributed by atoms with Crippen LogP contribution in [0.25, 0.3) is 10.8 Å². The molecule has 2 aromatic rings. The van der Waals surface area contributed by atoms with E-state index in [9.17, 15) is 0 Å². The highest BCUT2D eigenvalue weighted by atomic mass is 79.9. The van der Waals surface area contributed by atoms with Gasteiger partial charge in [0.25, 0.3) is 0 Å². The number of fused-ring (bicyclic) bond motifs is 1. The third kappa shape index (κ3) is 2.13. The molecule has 0 aliphatic carbocycles. The smallest absolute Gasteiger partial charge is 0.127 e. The van der Waals surface area contributed by atoms with Crippen LogP contribution in [0.15, 0.2) is 40.9 Å². The number of ether oxygens (including phenoxy) is 1. The van der Waals surface area contributed by atoms with Gasteiger partial charge in [-0.05, 0) is 17.5 Å². The summed E-state index contributed by atoms with van der Waals surface area (Å²) in [5.41, 5.74) is 0. The average molecular weight is 267 g/mol. The molecule has 0 atom stereocenters. The first kappa shape index (κ1) is 10.5. The van der Waals surface area contributed by atoms with E-state index >= 15 is 0 Å². The molecule has 2 nitrogen and oxygen atoms in total. The van der Waals surface area contributed by atoms with Crippen LogP contribution in [-0.4, -0.2) is 18.3 Å². The zero-order chi connectivity index (χ0) is 10.7. The lowest BCUT2D eigenvalue weighted by Gasteiger charge is -2.08. The van der Waals surface area contributed by atoms with Crippen LogP contribution in [0, 0.1) is 0 Å². The summed E-state index contributed by atoms with van der Waals surface area (Å²) < 4.78 is 6.50. The second-order valence-corrected chi connectivity index (χ2v) is 4.02. The first-order valence-electron chi connectivity index (χ1n) is 4.74. The molecular formula is C12H11BrO2. The van der Waals surface area contributed by atoms with Crippen LogP contribution in [0.4, 0.5) is 0 Å². The third-order valence-corrected chi connectivity index (χ3v) is 2.87. The third-order valence-electron chi connectivity index (χ3n) is 2.18. The molecule has 3 heteroatoms. The second kappa shape index (κ2) is 4.64. The molecule has 1 N–H and O–H groups in total. The quantitative estimate of drug-likeness (QED) is 0.926. The number of hydrogen-bond donors (Lipinski definition) is 1. The first-order valence-corrected chi connectivity index (χ1v) is 5.53. The normalized spacial score (nSPS) is 10.5. The Bertz CT molecular complexity index is 468. The Morgan fingerprint density at radius 1 is 1.07 bits per heavy atom. The van der Waals surface area contributed by atoms with E-state index in [1.807, 2.05) is 36.4 Å². The maximum Gasteiger partial charge on any atom is 0.127 e. The van der Waals surface area contributed by atoms with Crippen LogP contribution in [0.5, 0.6) is 5.75 Å². The van der Waals surface area contributed by atoms with Gasteiger partial charge in [-0.1, -0.05) is 40.2 Å². The minimum absolute atomic E-state index is 0.0321. The SMILES string of the molecule is OCCOc1ccc(Br)c2ccccc12. The largest absolute Gasteiger partial charge is 0.491 e. The van der Waals surface area contributed by atoms with Crippen molar-refractivity contribution in [3.05, 3.63) is 40.9 Å². The highest BCUT2D eigenvalue weighted by Crippen LogP contribution is 2.31. The maximum absolute atomic E-state index is 8.72. The van der Waals surface area contributed by atoms with Crippen molar-refractivity contribution in [2.75, 3.05) is 13.2 Å². The monoisotopic (exact) mass is 266 g/mol. The Balaban J connectivity index is 2.51. The van der Waals surface area contributed by atoms with Crippen molar-refractivity contribution in [2.24, 2.45) is 0 Å². The van der Waals surface area contributed by atoms with Gasteiger partial charge in [-0.15, -0.1) is 0 Å². The van der Waals surface area contributed by atoms with Gasteiger partial charge in [0.05, 0.1) is 6.61 Å². The predicted molar refractivity (Wildman–Crippen MR) is 64.2 cm³/mol. The molecule has 0 aliphatic rings. The van der Waals surface area contributed by atoms with Gasteiger partial charge in [-0.2, -0.15) is 0 Å². The highest BCUT2D eigenvalue weighted by molar-refractivity contribution is 9.10. The first-order chi connectivity index (χ1) is 7.33. The molecule has 78 valence electrons. The van der Waals surface area contributed by atoms with Crippen molar-refractivity contribution in [2.45, 2.75) is 0 Å². The Morgan fingerprint density at radius 2 is 1.80 bits per heavy atom. The fourth-order valence-corrected chi connectivity index (χ4v) is 1.99. The van der Waals surface area contributed by atoms with Crippen molar-refractivity contribution in [3.8, 4) is 5.75 Å². The van der Waals surface area contributed by atoms with Crippen molar-refractivity contribution < 1.29 is 9.84 Å². The summed E-state index contributed by atoms with van der Waals surface area (Å²) in [6.45, 7) is 0.357. The van der Waals surface area contributed by atoms with Crippen molar-refractivity contribution in [1.29, 1.82) is 0 Å². The lowest BCUT2D eigenvalue weighted by molar-refractivity contribution is 0.203. The number of aliphatic hydroxyl groups excluding tert-OH is 1. The van der Waals surface area contributed by atoms with Crippen molar-refractivity contribution >= 4 is 26.7 Å². The van der Waals surface area contributed by atoms with Crippen LogP contribution < -0.4 is 4.74 Å². The van der Waals surface area contributed by atoms with Gasteiger partial charge in [0.2, 0.25) is 0 Å². The van der Waals surface area contributed by atoms with E-state index in [2.05, 4.69) is 15.9 Å². The molecular weight excluding hydrogens is 256 g/mol.